The van der Waals surface area contributed by atoms with Gasteiger partial charge in [-0.05, 0) is 47.2 Å². The third-order valence-corrected chi connectivity index (χ3v) is 5.14. The van der Waals surface area contributed by atoms with E-state index in [0.717, 1.165) is 14.8 Å². The van der Waals surface area contributed by atoms with Gasteiger partial charge in [-0.1, -0.05) is 6.07 Å². The maximum absolute atomic E-state index is 12.7. The van der Waals surface area contributed by atoms with Crippen LogP contribution in [-0.2, 0) is 15.0 Å². The van der Waals surface area contributed by atoms with E-state index in [1.54, 1.807) is 0 Å². The average Bonchev–Trinajstić information content (AvgIpc) is 2.61. The smallest absolute Gasteiger partial charge is 0.302 e. The molecule has 1 unspecified atom stereocenters. The molecule has 1 amide bonds. The zero-order valence-corrected chi connectivity index (χ0v) is 13.2. The highest BCUT2D eigenvalue weighted by Gasteiger charge is 2.33. The Balaban J connectivity index is 2.18. The molecular formula is C12H13FINO3S. The van der Waals surface area contributed by atoms with E-state index in [-0.39, 0.29) is 18.9 Å². The van der Waals surface area contributed by atoms with Gasteiger partial charge < -0.3 is 4.90 Å². The molecule has 1 atom stereocenters. The molecule has 0 bridgehead atoms. The first-order valence-corrected chi connectivity index (χ1v) is 8.38. The normalized spacial score (nSPS) is 20.1. The summed E-state index contributed by atoms with van der Waals surface area (Å²) in [5.74, 6) is -1.21. The quantitative estimate of drug-likeness (QED) is 0.581. The summed E-state index contributed by atoms with van der Waals surface area (Å²) in [6, 6.07) is 5.60. The van der Waals surface area contributed by atoms with Crippen molar-refractivity contribution in [3.63, 3.8) is 0 Å². The number of rotatable bonds is 3. The number of carbonyl (C=O) groups is 1. The van der Waals surface area contributed by atoms with Crippen LogP contribution in [0.2, 0.25) is 0 Å². The fourth-order valence-electron chi connectivity index (χ4n) is 2.17. The van der Waals surface area contributed by atoms with Gasteiger partial charge in [0.2, 0.25) is 5.91 Å². The second-order valence-corrected chi connectivity index (χ2v) is 7.29. The lowest BCUT2D eigenvalue weighted by atomic mass is 10.1. The SMILES string of the molecule is Cc1ccc(N2CC(CS(=O)(=O)F)CC2=O)cc1I. The Kier molecular flexibility index (Phi) is 4.14. The molecule has 104 valence electrons. The van der Waals surface area contributed by atoms with Gasteiger partial charge >= 0.3 is 10.2 Å². The van der Waals surface area contributed by atoms with Crippen molar-refractivity contribution in [3.05, 3.63) is 27.3 Å². The van der Waals surface area contributed by atoms with Gasteiger partial charge in [0.05, 0.1) is 5.75 Å². The van der Waals surface area contributed by atoms with Crippen LogP contribution in [0.4, 0.5) is 9.57 Å². The Morgan fingerprint density at radius 1 is 1.47 bits per heavy atom. The molecule has 0 saturated carbocycles. The molecule has 0 aliphatic carbocycles. The van der Waals surface area contributed by atoms with Crippen LogP contribution in [0, 0.1) is 16.4 Å². The summed E-state index contributed by atoms with van der Waals surface area (Å²) in [5.41, 5.74) is 1.85. The van der Waals surface area contributed by atoms with Crippen molar-refractivity contribution in [1.82, 2.24) is 0 Å². The number of amides is 1. The molecule has 1 aromatic carbocycles. The summed E-state index contributed by atoms with van der Waals surface area (Å²) in [6.07, 6.45) is 0.0770. The minimum absolute atomic E-state index is 0.0770. The van der Waals surface area contributed by atoms with Crippen LogP contribution in [0.15, 0.2) is 18.2 Å². The summed E-state index contributed by atoms with van der Waals surface area (Å²) in [5, 5.41) is 0. The number of hydrogen-bond donors (Lipinski definition) is 0. The molecule has 1 saturated heterocycles. The number of benzene rings is 1. The van der Waals surface area contributed by atoms with E-state index in [9.17, 15) is 17.1 Å². The zero-order valence-electron chi connectivity index (χ0n) is 10.3. The van der Waals surface area contributed by atoms with Crippen molar-refractivity contribution in [2.75, 3.05) is 17.2 Å². The van der Waals surface area contributed by atoms with Gasteiger partial charge in [0, 0.05) is 28.1 Å². The molecule has 1 aromatic rings. The summed E-state index contributed by atoms with van der Waals surface area (Å²) < 4.78 is 35.0. The number of halogens is 2. The molecule has 2 rings (SSSR count). The highest BCUT2D eigenvalue weighted by molar-refractivity contribution is 14.1. The second-order valence-electron chi connectivity index (χ2n) is 4.71. The van der Waals surface area contributed by atoms with Gasteiger partial charge in [-0.3, -0.25) is 4.79 Å². The second kappa shape index (κ2) is 5.35. The molecule has 0 radical (unpaired) electrons. The molecule has 1 heterocycles. The maximum atomic E-state index is 12.7. The number of nitrogens with zero attached hydrogens (tertiary/aromatic N) is 1. The van der Waals surface area contributed by atoms with E-state index in [4.69, 9.17) is 0 Å². The standard InChI is InChI=1S/C12H13FINO3S/c1-8-2-3-10(5-11(8)14)15-6-9(4-12(15)16)7-19(13,17)18/h2-3,5,9H,4,6-7H2,1H3. The van der Waals surface area contributed by atoms with Gasteiger partial charge in [-0.2, -0.15) is 8.42 Å². The molecule has 7 heteroatoms. The Morgan fingerprint density at radius 3 is 2.74 bits per heavy atom. The lowest BCUT2D eigenvalue weighted by Gasteiger charge is -2.17. The first-order valence-electron chi connectivity index (χ1n) is 5.75. The monoisotopic (exact) mass is 397 g/mol. The Labute approximate surface area is 125 Å². The van der Waals surface area contributed by atoms with Crippen LogP contribution < -0.4 is 4.90 Å². The van der Waals surface area contributed by atoms with Crippen molar-refractivity contribution in [2.24, 2.45) is 5.92 Å². The molecule has 1 aliphatic rings. The molecular weight excluding hydrogens is 384 g/mol. The first-order chi connectivity index (χ1) is 8.76. The first kappa shape index (κ1) is 14.7. The van der Waals surface area contributed by atoms with E-state index >= 15 is 0 Å². The van der Waals surface area contributed by atoms with E-state index in [0.29, 0.717) is 0 Å². The molecule has 0 spiro atoms. The van der Waals surface area contributed by atoms with E-state index in [1.807, 2.05) is 25.1 Å². The van der Waals surface area contributed by atoms with Gasteiger partial charge in [-0.15, -0.1) is 3.89 Å². The predicted octanol–water partition coefficient (Wildman–Crippen LogP) is 2.25. The maximum Gasteiger partial charge on any atom is 0.302 e. The topological polar surface area (TPSA) is 54.5 Å². The van der Waals surface area contributed by atoms with Crippen molar-refractivity contribution < 1.29 is 17.1 Å². The van der Waals surface area contributed by atoms with Gasteiger partial charge in [0.1, 0.15) is 0 Å². The van der Waals surface area contributed by atoms with Gasteiger partial charge in [0.25, 0.3) is 0 Å². The predicted molar refractivity (Wildman–Crippen MR) is 79.3 cm³/mol. The van der Waals surface area contributed by atoms with Crippen molar-refractivity contribution in [1.29, 1.82) is 0 Å². The fourth-order valence-corrected chi connectivity index (χ4v) is 3.46. The lowest BCUT2D eigenvalue weighted by Crippen LogP contribution is -2.25. The molecule has 0 aromatic heterocycles. The summed E-state index contributed by atoms with van der Waals surface area (Å²) in [7, 11) is -4.53. The molecule has 4 nitrogen and oxygen atoms in total. The van der Waals surface area contributed by atoms with Gasteiger partial charge in [-0.25, -0.2) is 0 Å². The molecule has 0 N–H and O–H groups in total. The Morgan fingerprint density at radius 2 is 2.16 bits per heavy atom. The highest BCUT2D eigenvalue weighted by Crippen LogP contribution is 2.28. The van der Waals surface area contributed by atoms with Gasteiger partial charge in [0.15, 0.2) is 0 Å². The third kappa shape index (κ3) is 3.65. The van der Waals surface area contributed by atoms with Crippen LogP contribution in [0.3, 0.4) is 0 Å². The minimum atomic E-state index is -4.53. The molecule has 19 heavy (non-hydrogen) atoms. The number of aryl methyl sites for hydroxylation is 1. The largest absolute Gasteiger partial charge is 0.312 e. The Bertz CT molecular complexity index is 617. The van der Waals surface area contributed by atoms with Crippen molar-refractivity contribution in [3.8, 4) is 0 Å². The van der Waals surface area contributed by atoms with E-state index in [1.165, 1.54) is 4.90 Å². The summed E-state index contributed by atoms with van der Waals surface area (Å²) in [6.45, 7) is 2.22. The van der Waals surface area contributed by atoms with Crippen LogP contribution in [0.1, 0.15) is 12.0 Å². The van der Waals surface area contributed by atoms with Crippen LogP contribution in [0.25, 0.3) is 0 Å². The van der Waals surface area contributed by atoms with E-state index < -0.39 is 21.9 Å². The molecule has 1 fully saturated rings. The van der Waals surface area contributed by atoms with Crippen LogP contribution in [-0.4, -0.2) is 26.6 Å². The lowest BCUT2D eigenvalue weighted by molar-refractivity contribution is -0.117. The summed E-state index contributed by atoms with van der Waals surface area (Å²) >= 11 is 2.18. The van der Waals surface area contributed by atoms with Crippen molar-refractivity contribution >= 4 is 44.4 Å². The highest BCUT2D eigenvalue weighted by atomic mass is 127. The number of hydrogen-bond acceptors (Lipinski definition) is 3. The fraction of sp³-hybridized carbons (Fsp3) is 0.417. The third-order valence-electron chi connectivity index (χ3n) is 3.11. The van der Waals surface area contributed by atoms with Crippen LogP contribution in [0.5, 0.6) is 0 Å². The average molecular weight is 397 g/mol. The number of carbonyl (C=O) groups excluding carboxylic acids is 1. The zero-order chi connectivity index (χ0) is 14.2. The van der Waals surface area contributed by atoms with Crippen molar-refractivity contribution in [2.45, 2.75) is 13.3 Å². The molecule has 1 aliphatic heterocycles. The summed E-state index contributed by atoms with van der Waals surface area (Å²) in [4.78, 5) is 13.4. The Hall–Kier alpha value is -0.700. The van der Waals surface area contributed by atoms with E-state index in [2.05, 4.69) is 22.6 Å². The minimum Gasteiger partial charge on any atom is -0.312 e. The number of anilines is 1. The van der Waals surface area contributed by atoms with Crippen LogP contribution >= 0.6 is 22.6 Å².